The second-order valence-electron chi connectivity index (χ2n) is 7.02. The van der Waals surface area contributed by atoms with E-state index in [2.05, 4.69) is 5.32 Å². The van der Waals surface area contributed by atoms with Gasteiger partial charge >= 0.3 is 10.2 Å². The van der Waals surface area contributed by atoms with Crippen molar-refractivity contribution in [1.29, 1.82) is 0 Å². The van der Waals surface area contributed by atoms with Crippen LogP contribution in [-0.4, -0.2) is 40.9 Å². The Morgan fingerprint density at radius 2 is 1.72 bits per heavy atom. The van der Waals surface area contributed by atoms with Gasteiger partial charge < -0.3 is 10.2 Å². The third-order valence-electron chi connectivity index (χ3n) is 5.25. The van der Waals surface area contributed by atoms with Crippen LogP contribution in [0.2, 0.25) is 5.02 Å². The summed E-state index contributed by atoms with van der Waals surface area (Å²) in [5.74, 6) is -0.920. The van der Waals surface area contributed by atoms with Crippen LogP contribution < -0.4 is 18.8 Å². The molecule has 0 aliphatic carbocycles. The molecular formula is C19H19ClN4O4S. The Labute approximate surface area is 173 Å². The maximum absolute atomic E-state index is 12.7. The molecule has 1 atom stereocenters. The van der Waals surface area contributed by atoms with Gasteiger partial charge in [0.15, 0.2) is 0 Å². The summed E-state index contributed by atoms with van der Waals surface area (Å²) in [4.78, 5) is 26.6. The zero-order valence-corrected chi connectivity index (χ0v) is 17.4. The summed E-state index contributed by atoms with van der Waals surface area (Å²) in [5, 5.41) is 3.37. The van der Waals surface area contributed by atoms with E-state index >= 15 is 0 Å². The van der Waals surface area contributed by atoms with E-state index in [1.54, 1.807) is 47.4 Å². The lowest BCUT2D eigenvalue weighted by molar-refractivity contribution is -0.122. The number of benzene rings is 2. The second kappa shape index (κ2) is 6.93. The molecule has 1 unspecified atom stereocenters. The third kappa shape index (κ3) is 3.30. The molecule has 2 aliphatic rings. The van der Waals surface area contributed by atoms with Gasteiger partial charge in [0.25, 0.3) is 0 Å². The van der Waals surface area contributed by atoms with Crippen LogP contribution in [0, 0.1) is 5.92 Å². The van der Waals surface area contributed by atoms with Gasteiger partial charge in [-0.2, -0.15) is 8.42 Å². The van der Waals surface area contributed by atoms with Crippen LogP contribution in [0.3, 0.4) is 0 Å². The van der Waals surface area contributed by atoms with Crippen molar-refractivity contribution in [3.63, 3.8) is 0 Å². The van der Waals surface area contributed by atoms with E-state index < -0.39 is 16.1 Å². The van der Waals surface area contributed by atoms with Gasteiger partial charge in [0.1, 0.15) is 0 Å². The minimum absolute atomic E-state index is 0.108. The molecule has 0 aromatic heterocycles. The van der Waals surface area contributed by atoms with Gasteiger partial charge in [0.2, 0.25) is 11.8 Å². The van der Waals surface area contributed by atoms with Crippen LogP contribution in [0.5, 0.6) is 0 Å². The van der Waals surface area contributed by atoms with E-state index in [0.29, 0.717) is 27.8 Å². The van der Waals surface area contributed by atoms with Crippen molar-refractivity contribution < 1.29 is 18.0 Å². The number of anilines is 4. The SMILES string of the molecule is CN1c2ccc(NC(=O)C3CC(=O)N(c4ccc(Cl)cc4)C3)cc2N(C)S1(=O)=O. The van der Waals surface area contributed by atoms with Crippen LogP contribution in [0.25, 0.3) is 0 Å². The molecule has 2 amide bonds. The van der Waals surface area contributed by atoms with Crippen LogP contribution in [0.4, 0.5) is 22.7 Å². The lowest BCUT2D eigenvalue weighted by atomic mass is 10.1. The average molecular weight is 435 g/mol. The van der Waals surface area contributed by atoms with Crippen molar-refractivity contribution in [2.75, 3.05) is 39.5 Å². The number of rotatable bonds is 3. The average Bonchev–Trinajstić information content (AvgIpc) is 3.15. The van der Waals surface area contributed by atoms with E-state index in [1.807, 2.05) is 0 Å². The monoisotopic (exact) mass is 434 g/mol. The number of halogens is 1. The minimum Gasteiger partial charge on any atom is -0.326 e. The van der Waals surface area contributed by atoms with Crippen molar-refractivity contribution in [1.82, 2.24) is 0 Å². The highest BCUT2D eigenvalue weighted by Crippen LogP contribution is 2.40. The van der Waals surface area contributed by atoms with Crippen molar-refractivity contribution in [3.05, 3.63) is 47.5 Å². The Kier molecular flexibility index (Phi) is 4.66. The predicted molar refractivity (Wildman–Crippen MR) is 113 cm³/mol. The molecule has 0 spiro atoms. The first-order chi connectivity index (χ1) is 13.7. The van der Waals surface area contributed by atoms with Crippen molar-refractivity contribution in [3.8, 4) is 0 Å². The Morgan fingerprint density at radius 3 is 2.41 bits per heavy atom. The molecule has 2 heterocycles. The van der Waals surface area contributed by atoms with Crippen LogP contribution in [0.1, 0.15) is 6.42 Å². The van der Waals surface area contributed by atoms with E-state index in [9.17, 15) is 18.0 Å². The fourth-order valence-corrected chi connectivity index (χ4v) is 4.84. The molecule has 2 aliphatic heterocycles. The Hall–Kier alpha value is -2.78. The van der Waals surface area contributed by atoms with Crippen molar-refractivity contribution in [2.45, 2.75) is 6.42 Å². The molecule has 8 nitrogen and oxygen atoms in total. The van der Waals surface area contributed by atoms with Gasteiger partial charge in [-0.15, -0.1) is 0 Å². The molecular weight excluding hydrogens is 416 g/mol. The van der Waals surface area contributed by atoms with Gasteiger partial charge in [-0.25, -0.2) is 0 Å². The molecule has 4 rings (SSSR count). The molecule has 1 fully saturated rings. The fourth-order valence-electron chi connectivity index (χ4n) is 3.55. The maximum Gasteiger partial charge on any atom is 0.326 e. The van der Waals surface area contributed by atoms with Crippen LogP contribution >= 0.6 is 11.6 Å². The van der Waals surface area contributed by atoms with Gasteiger partial charge in [0, 0.05) is 43.5 Å². The Morgan fingerprint density at radius 1 is 1.07 bits per heavy atom. The quantitative estimate of drug-likeness (QED) is 0.803. The summed E-state index contributed by atoms with van der Waals surface area (Å²) >= 11 is 5.89. The second-order valence-corrected chi connectivity index (χ2v) is 9.44. The molecule has 152 valence electrons. The summed E-state index contributed by atoms with van der Waals surface area (Å²) < 4.78 is 26.8. The Balaban J connectivity index is 1.49. The summed E-state index contributed by atoms with van der Waals surface area (Å²) in [6.07, 6.45) is 0.108. The molecule has 0 bridgehead atoms. The molecule has 2 aromatic carbocycles. The largest absolute Gasteiger partial charge is 0.326 e. The lowest BCUT2D eigenvalue weighted by Gasteiger charge is -2.17. The topological polar surface area (TPSA) is 90.0 Å². The highest BCUT2D eigenvalue weighted by molar-refractivity contribution is 7.94. The molecule has 10 heteroatoms. The Bertz CT molecular complexity index is 1100. The molecule has 29 heavy (non-hydrogen) atoms. The highest BCUT2D eigenvalue weighted by Gasteiger charge is 2.37. The summed E-state index contributed by atoms with van der Waals surface area (Å²) in [5.41, 5.74) is 2.19. The normalized spacial score (nSPS) is 20.2. The first-order valence-electron chi connectivity index (χ1n) is 8.92. The summed E-state index contributed by atoms with van der Waals surface area (Å²) in [6.45, 7) is 0.272. The third-order valence-corrected chi connectivity index (χ3v) is 7.28. The number of hydrogen-bond donors (Lipinski definition) is 1. The van der Waals surface area contributed by atoms with E-state index in [1.165, 1.54) is 22.7 Å². The molecule has 1 saturated heterocycles. The number of carbonyl (C=O) groups excluding carboxylic acids is 2. The number of fused-ring (bicyclic) bond motifs is 1. The van der Waals surface area contributed by atoms with Gasteiger partial charge in [-0.05, 0) is 42.5 Å². The summed E-state index contributed by atoms with van der Waals surface area (Å²) in [7, 11) is -0.640. The minimum atomic E-state index is -3.58. The standard InChI is InChI=1S/C19H19ClN4O4S/c1-22-16-8-5-14(10-17(16)23(2)29(22,27)28)21-19(26)12-9-18(25)24(11-12)15-6-3-13(20)4-7-15/h3-8,10,12H,9,11H2,1-2H3,(H,21,26). The van der Waals surface area contributed by atoms with E-state index in [0.717, 1.165) is 0 Å². The van der Waals surface area contributed by atoms with Crippen LogP contribution in [-0.2, 0) is 19.8 Å². The zero-order valence-electron chi connectivity index (χ0n) is 15.8. The number of hydrogen-bond acceptors (Lipinski definition) is 4. The maximum atomic E-state index is 12.7. The smallest absolute Gasteiger partial charge is 0.326 e. The predicted octanol–water partition coefficient (Wildman–Crippen LogP) is 2.46. The fraction of sp³-hybridized carbons (Fsp3) is 0.263. The molecule has 0 saturated carbocycles. The summed E-state index contributed by atoms with van der Waals surface area (Å²) in [6, 6.07) is 11.8. The first-order valence-corrected chi connectivity index (χ1v) is 10.7. The van der Waals surface area contributed by atoms with Gasteiger partial charge in [-0.1, -0.05) is 11.6 Å². The number of nitrogens with one attached hydrogen (secondary N) is 1. The molecule has 2 aromatic rings. The first kappa shape index (κ1) is 19.5. The van der Waals surface area contributed by atoms with Crippen molar-refractivity contribution in [2.24, 2.45) is 5.92 Å². The number of nitrogens with zero attached hydrogens (tertiary/aromatic N) is 3. The van der Waals surface area contributed by atoms with Crippen LogP contribution in [0.15, 0.2) is 42.5 Å². The number of carbonyl (C=O) groups is 2. The van der Waals surface area contributed by atoms with Gasteiger partial charge in [0.05, 0.1) is 17.3 Å². The van der Waals surface area contributed by atoms with E-state index in [4.69, 9.17) is 11.6 Å². The highest BCUT2D eigenvalue weighted by atomic mass is 35.5. The zero-order chi connectivity index (χ0) is 20.9. The van der Waals surface area contributed by atoms with E-state index in [-0.39, 0.29) is 24.8 Å². The lowest BCUT2D eigenvalue weighted by Crippen LogP contribution is -2.32. The number of amides is 2. The molecule has 0 radical (unpaired) electrons. The van der Waals surface area contributed by atoms with Gasteiger partial charge in [-0.3, -0.25) is 18.2 Å². The molecule has 1 N–H and O–H groups in total. The van der Waals surface area contributed by atoms with Crippen molar-refractivity contribution >= 4 is 56.4 Å².